The third kappa shape index (κ3) is 1.68. The third-order valence-electron chi connectivity index (χ3n) is 3.20. The minimum atomic E-state index is -1.11. The number of aromatic carboxylic acids is 1. The molecule has 0 saturated carbocycles. The second-order valence-electron chi connectivity index (χ2n) is 4.30. The first kappa shape index (κ1) is 12.3. The van der Waals surface area contributed by atoms with Crippen LogP contribution in [0.1, 0.15) is 51.3 Å². The Morgan fingerprint density at radius 3 is 2.44 bits per heavy atom. The Bertz CT molecular complexity index is 550. The molecule has 5 heteroatoms. The van der Waals surface area contributed by atoms with Gasteiger partial charge in [0.2, 0.25) is 0 Å². The van der Waals surface area contributed by atoms with E-state index in [1.54, 1.807) is 6.92 Å². The fourth-order valence-electron chi connectivity index (χ4n) is 1.98. The SMILES string of the molecule is CC[C@@H](C)N1C(=O)c2ccc(C(=O)O)cc2C1=O. The van der Waals surface area contributed by atoms with Gasteiger partial charge in [-0.3, -0.25) is 14.5 Å². The number of amides is 2. The molecular weight excluding hydrogens is 234 g/mol. The van der Waals surface area contributed by atoms with Crippen LogP contribution in [0.5, 0.6) is 0 Å². The quantitative estimate of drug-likeness (QED) is 0.826. The monoisotopic (exact) mass is 247 g/mol. The fraction of sp³-hybridized carbons (Fsp3) is 0.308. The molecular formula is C13H13NO4. The van der Waals surface area contributed by atoms with Crippen LogP contribution >= 0.6 is 0 Å². The van der Waals surface area contributed by atoms with Crippen molar-refractivity contribution < 1.29 is 19.5 Å². The Morgan fingerprint density at radius 2 is 1.89 bits per heavy atom. The molecule has 1 atom stereocenters. The maximum Gasteiger partial charge on any atom is 0.335 e. The highest BCUT2D eigenvalue weighted by molar-refractivity contribution is 6.22. The summed E-state index contributed by atoms with van der Waals surface area (Å²) in [4.78, 5) is 36.2. The second kappa shape index (κ2) is 4.25. The largest absolute Gasteiger partial charge is 0.478 e. The number of fused-ring (bicyclic) bond motifs is 1. The lowest BCUT2D eigenvalue weighted by Crippen LogP contribution is -2.37. The highest BCUT2D eigenvalue weighted by atomic mass is 16.4. The molecule has 1 N–H and O–H groups in total. The lowest BCUT2D eigenvalue weighted by Gasteiger charge is -2.20. The number of carboxylic acid groups (broad SMARTS) is 1. The predicted octanol–water partition coefficient (Wildman–Crippen LogP) is 1.78. The maximum atomic E-state index is 12.1. The third-order valence-corrected chi connectivity index (χ3v) is 3.20. The number of carbonyl (C=O) groups excluding carboxylic acids is 2. The highest BCUT2D eigenvalue weighted by Crippen LogP contribution is 2.26. The first-order valence-electron chi connectivity index (χ1n) is 5.72. The van der Waals surface area contributed by atoms with E-state index in [0.29, 0.717) is 6.42 Å². The van der Waals surface area contributed by atoms with E-state index >= 15 is 0 Å². The Labute approximate surface area is 104 Å². The van der Waals surface area contributed by atoms with Crippen molar-refractivity contribution in [2.24, 2.45) is 0 Å². The Balaban J connectivity index is 2.49. The molecule has 2 rings (SSSR count). The van der Waals surface area contributed by atoms with Gasteiger partial charge < -0.3 is 5.11 Å². The molecule has 2 amide bonds. The van der Waals surface area contributed by atoms with Crippen LogP contribution in [0.15, 0.2) is 18.2 Å². The molecule has 0 bridgehead atoms. The summed E-state index contributed by atoms with van der Waals surface area (Å²) in [6.45, 7) is 3.68. The van der Waals surface area contributed by atoms with Gasteiger partial charge in [-0.1, -0.05) is 6.92 Å². The molecule has 0 aromatic heterocycles. The molecule has 0 saturated heterocycles. The van der Waals surface area contributed by atoms with E-state index in [9.17, 15) is 14.4 Å². The van der Waals surface area contributed by atoms with Gasteiger partial charge in [-0.25, -0.2) is 4.79 Å². The van der Waals surface area contributed by atoms with Crippen molar-refractivity contribution in [2.45, 2.75) is 26.3 Å². The highest BCUT2D eigenvalue weighted by Gasteiger charge is 2.38. The van der Waals surface area contributed by atoms with Crippen molar-refractivity contribution in [3.05, 3.63) is 34.9 Å². The number of carbonyl (C=O) groups is 3. The topological polar surface area (TPSA) is 74.7 Å². The zero-order chi connectivity index (χ0) is 13.4. The molecule has 94 valence electrons. The number of hydrogen-bond donors (Lipinski definition) is 1. The number of hydrogen-bond acceptors (Lipinski definition) is 3. The van der Waals surface area contributed by atoms with Crippen molar-refractivity contribution in [1.29, 1.82) is 0 Å². The number of carboxylic acids is 1. The first-order valence-corrected chi connectivity index (χ1v) is 5.72. The standard InChI is InChI=1S/C13H13NO4/c1-3-7(2)14-11(15)9-5-4-8(13(17)18)6-10(9)12(14)16/h4-7H,3H2,1-2H3,(H,17,18)/t7-/m1/s1. The molecule has 18 heavy (non-hydrogen) atoms. The van der Waals surface area contributed by atoms with E-state index in [4.69, 9.17) is 5.11 Å². The predicted molar refractivity (Wildman–Crippen MR) is 63.7 cm³/mol. The molecule has 0 fully saturated rings. The fourth-order valence-corrected chi connectivity index (χ4v) is 1.98. The maximum absolute atomic E-state index is 12.1. The molecule has 1 aliphatic rings. The van der Waals surface area contributed by atoms with Gasteiger partial charge in [0.15, 0.2) is 0 Å². The normalized spacial score (nSPS) is 15.8. The Hall–Kier alpha value is -2.17. The smallest absolute Gasteiger partial charge is 0.335 e. The van der Waals surface area contributed by atoms with Gasteiger partial charge >= 0.3 is 5.97 Å². The minimum absolute atomic E-state index is 0.0147. The zero-order valence-electron chi connectivity index (χ0n) is 10.1. The van der Waals surface area contributed by atoms with Gasteiger partial charge in [0.1, 0.15) is 0 Å². The van der Waals surface area contributed by atoms with Gasteiger partial charge in [0, 0.05) is 6.04 Å². The van der Waals surface area contributed by atoms with Gasteiger partial charge in [-0.2, -0.15) is 0 Å². The molecule has 1 aromatic carbocycles. The van der Waals surface area contributed by atoms with E-state index in [0.717, 1.165) is 0 Å². The zero-order valence-corrected chi connectivity index (χ0v) is 10.1. The van der Waals surface area contributed by atoms with Gasteiger partial charge in [0.05, 0.1) is 16.7 Å². The average molecular weight is 247 g/mol. The summed E-state index contributed by atoms with van der Waals surface area (Å²) >= 11 is 0. The van der Waals surface area contributed by atoms with Crippen molar-refractivity contribution in [3.8, 4) is 0 Å². The molecule has 0 radical (unpaired) electrons. The van der Waals surface area contributed by atoms with Crippen LogP contribution in [0.2, 0.25) is 0 Å². The van der Waals surface area contributed by atoms with Crippen LogP contribution in [0.3, 0.4) is 0 Å². The van der Waals surface area contributed by atoms with Crippen LogP contribution in [-0.4, -0.2) is 33.8 Å². The first-order chi connectivity index (χ1) is 8.47. The molecule has 0 unspecified atom stereocenters. The Morgan fingerprint density at radius 1 is 1.28 bits per heavy atom. The number of imide groups is 1. The molecule has 1 aliphatic heterocycles. The molecule has 1 heterocycles. The second-order valence-corrected chi connectivity index (χ2v) is 4.30. The van der Waals surface area contributed by atoms with E-state index in [1.807, 2.05) is 6.92 Å². The van der Waals surface area contributed by atoms with Crippen molar-refractivity contribution in [1.82, 2.24) is 4.90 Å². The van der Waals surface area contributed by atoms with Crippen LogP contribution in [0.4, 0.5) is 0 Å². The molecule has 5 nitrogen and oxygen atoms in total. The minimum Gasteiger partial charge on any atom is -0.478 e. The summed E-state index contributed by atoms with van der Waals surface area (Å²) in [6.07, 6.45) is 0.664. The van der Waals surface area contributed by atoms with Crippen molar-refractivity contribution in [3.63, 3.8) is 0 Å². The van der Waals surface area contributed by atoms with Crippen molar-refractivity contribution in [2.75, 3.05) is 0 Å². The van der Waals surface area contributed by atoms with E-state index in [1.165, 1.54) is 23.1 Å². The average Bonchev–Trinajstić information content (AvgIpc) is 2.61. The summed E-state index contributed by atoms with van der Waals surface area (Å²) in [5.41, 5.74) is 0.478. The molecule has 1 aromatic rings. The van der Waals surface area contributed by atoms with Crippen LogP contribution in [-0.2, 0) is 0 Å². The summed E-state index contributed by atoms with van der Waals surface area (Å²) < 4.78 is 0. The lowest BCUT2D eigenvalue weighted by molar-refractivity contribution is 0.0592. The molecule has 0 spiro atoms. The van der Waals surface area contributed by atoms with Gasteiger partial charge in [-0.15, -0.1) is 0 Å². The number of benzene rings is 1. The summed E-state index contributed by atoms with van der Waals surface area (Å²) in [5, 5.41) is 8.88. The summed E-state index contributed by atoms with van der Waals surface area (Å²) in [6, 6.07) is 3.82. The number of rotatable bonds is 3. The van der Waals surface area contributed by atoms with E-state index in [2.05, 4.69) is 0 Å². The van der Waals surface area contributed by atoms with Crippen LogP contribution in [0, 0.1) is 0 Å². The summed E-state index contributed by atoms with van der Waals surface area (Å²) in [5.74, 6) is -1.87. The van der Waals surface area contributed by atoms with Crippen LogP contribution in [0.25, 0.3) is 0 Å². The van der Waals surface area contributed by atoms with E-state index < -0.39 is 11.9 Å². The van der Waals surface area contributed by atoms with E-state index in [-0.39, 0.29) is 28.6 Å². The Kier molecular flexibility index (Phi) is 2.90. The van der Waals surface area contributed by atoms with Gasteiger partial charge in [-0.05, 0) is 31.5 Å². The molecule has 0 aliphatic carbocycles. The van der Waals surface area contributed by atoms with Gasteiger partial charge in [0.25, 0.3) is 11.8 Å². The van der Waals surface area contributed by atoms with Crippen LogP contribution < -0.4 is 0 Å². The van der Waals surface area contributed by atoms with Crippen molar-refractivity contribution >= 4 is 17.8 Å². The summed E-state index contributed by atoms with van der Waals surface area (Å²) in [7, 11) is 0. The number of nitrogens with zero attached hydrogens (tertiary/aromatic N) is 1. The lowest BCUT2D eigenvalue weighted by atomic mass is 10.1.